The molecule has 1 N–H and O–H groups in total. The molecule has 0 aliphatic heterocycles. The van der Waals surface area contributed by atoms with Crippen LogP contribution in [0.5, 0.6) is 5.75 Å². The maximum Gasteiger partial charge on any atom is 0.261 e. The van der Waals surface area contributed by atoms with Gasteiger partial charge in [0.1, 0.15) is 5.75 Å². The minimum atomic E-state index is -0.200. The lowest BCUT2D eigenvalue weighted by Gasteiger charge is -2.14. The van der Waals surface area contributed by atoms with Crippen molar-refractivity contribution in [1.82, 2.24) is 4.98 Å². The minimum absolute atomic E-state index is 0.0251. The number of thiazole rings is 1. The van der Waals surface area contributed by atoms with Crippen LogP contribution in [0.4, 0.5) is 5.13 Å². The molecule has 0 aliphatic carbocycles. The number of nitrogens with zero attached hydrogens (tertiary/aromatic N) is 1. The van der Waals surface area contributed by atoms with E-state index >= 15 is 0 Å². The van der Waals surface area contributed by atoms with Gasteiger partial charge < -0.3 is 4.74 Å². The van der Waals surface area contributed by atoms with Crippen LogP contribution in [0, 0.1) is 0 Å². The number of ether oxygens (including phenoxy) is 1. The molecular formula is C16H20N2O2S. The lowest BCUT2D eigenvalue weighted by atomic mass is 9.93. The molecule has 1 amide bonds. The fourth-order valence-electron chi connectivity index (χ4n) is 1.78. The zero-order valence-electron chi connectivity index (χ0n) is 12.8. The molecule has 0 saturated heterocycles. The molecule has 2 aromatic rings. The summed E-state index contributed by atoms with van der Waals surface area (Å²) in [6.45, 7) is 8.70. The lowest BCUT2D eigenvalue weighted by molar-refractivity contribution is 0.102. The molecule has 0 spiro atoms. The molecule has 0 atom stereocenters. The standard InChI is InChI=1S/C16H20N2O2S/c1-5-20-12-9-7-6-8-11(12)14(19)18-15-17-13(10-21-15)16(2,3)4/h6-10H,5H2,1-4H3,(H,17,18,19). The Hall–Kier alpha value is -1.88. The van der Waals surface area contributed by atoms with E-state index in [1.165, 1.54) is 11.3 Å². The highest BCUT2D eigenvalue weighted by Gasteiger charge is 2.19. The molecule has 0 saturated carbocycles. The third kappa shape index (κ3) is 3.82. The van der Waals surface area contributed by atoms with Crippen LogP contribution in [0.1, 0.15) is 43.7 Å². The van der Waals surface area contributed by atoms with Crippen LogP contribution < -0.4 is 10.1 Å². The normalized spacial score (nSPS) is 11.2. The van der Waals surface area contributed by atoms with Crippen LogP contribution in [-0.2, 0) is 5.41 Å². The Labute approximate surface area is 129 Å². The van der Waals surface area contributed by atoms with Crippen LogP contribution in [0.25, 0.3) is 0 Å². The number of anilines is 1. The summed E-state index contributed by atoms with van der Waals surface area (Å²) >= 11 is 1.43. The summed E-state index contributed by atoms with van der Waals surface area (Å²) in [5, 5.41) is 5.42. The number of nitrogens with one attached hydrogen (secondary N) is 1. The quantitative estimate of drug-likeness (QED) is 0.925. The van der Waals surface area contributed by atoms with E-state index in [1.807, 2.05) is 24.4 Å². The zero-order chi connectivity index (χ0) is 15.5. The topological polar surface area (TPSA) is 51.2 Å². The Bertz CT molecular complexity index is 629. The molecule has 0 unspecified atom stereocenters. The highest BCUT2D eigenvalue weighted by atomic mass is 32.1. The maximum absolute atomic E-state index is 12.3. The van der Waals surface area contributed by atoms with E-state index < -0.39 is 0 Å². The first-order valence-electron chi connectivity index (χ1n) is 6.91. The Morgan fingerprint density at radius 2 is 2.05 bits per heavy atom. The average molecular weight is 304 g/mol. The Balaban J connectivity index is 2.17. The summed E-state index contributed by atoms with van der Waals surface area (Å²) < 4.78 is 5.48. The van der Waals surface area contributed by atoms with Gasteiger partial charge in [0.25, 0.3) is 5.91 Å². The van der Waals surface area contributed by atoms with Crippen LogP contribution in [0.2, 0.25) is 0 Å². The van der Waals surface area contributed by atoms with Gasteiger partial charge >= 0.3 is 0 Å². The largest absolute Gasteiger partial charge is 0.493 e. The van der Waals surface area contributed by atoms with Crippen molar-refractivity contribution in [2.45, 2.75) is 33.1 Å². The monoisotopic (exact) mass is 304 g/mol. The predicted molar refractivity (Wildman–Crippen MR) is 86.4 cm³/mol. The fourth-order valence-corrected chi connectivity index (χ4v) is 2.71. The van der Waals surface area contributed by atoms with Crippen molar-refractivity contribution in [3.05, 3.63) is 40.9 Å². The summed E-state index contributed by atoms with van der Waals surface area (Å²) in [7, 11) is 0. The van der Waals surface area contributed by atoms with E-state index in [-0.39, 0.29) is 11.3 Å². The Morgan fingerprint density at radius 3 is 2.67 bits per heavy atom. The second kappa shape index (κ2) is 6.26. The number of amides is 1. The number of benzene rings is 1. The third-order valence-electron chi connectivity index (χ3n) is 2.92. The van der Waals surface area contributed by atoms with Crippen molar-refractivity contribution < 1.29 is 9.53 Å². The minimum Gasteiger partial charge on any atom is -0.493 e. The molecule has 0 radical (unpaired) electrons. The summed E-state index contributed by atoms with van der Waals surface area (Å²) in [5.74, 6) is 0.388. The fraction of sp³-hybridized carbons (Fsp3) is 0.375. The first kappa shape index (κ1) is 15.5. The summed E-state index contributed by atoms with van der Waals surface area (Å²) in [4.78, 5) is 16.8. The smallest absolute Gasteiger partial charge is 0.261 e. The Kier molecular flexibility index (Phi) is 4.63. The van der Waals surface area contributed by atoms with E-state index in [9.17, 15) is 4.79 Å². The van der Waals surface area contributed by atoms with Gasteiger partial charge in [0.05, 0.1) is 17.9 Å². The molecule has 1 aromatic carbocycles. The van der Waals surface area contributed by atoms with E-state index in [0.29, 0.717) is 23.1 Å². The highest BCUT2D eigenvalue weighted by Crippen LogP contribution is 2.27. The molecule has 0 aliphatic rings. The van der Waals surface area contributed by atoms with Gasteiger partial charge in [-0.1, -0.05) is 32.9 Å². The molecule has 2 rings (SSSR count). The van der Waals surface area contributed by atoms with Crippen molar-refractivity contribution in [3.63, 3.8) is 0 Å². The van der Waals surface area contributed by atoms with Gasteiger partial charge in [0.2, 0.25) is 0 Å². The van der Waals surface area contributed by atoms with Gasteiger partial charge in [-0.25, -0.2) is 4.98 Å². The SMILES string of the molecule is CCOc1ccccc1C(=O)Nc1nc(C(C)(C)C)cs1. The van der Waals surface area contributed by atoms with Crippen molar-refractivity contribution >= 4 is 22.4 Å². The van der Waals surface area contributed by atoms with Crippen LogP contribution in [0.15, 0.2) is 29.6 Å². The molecule has 0 fully saturated rings. The second-order valence-electron chi connectivity index (χ2n) is 5.67. The number of aromatic nitrogens is 1. The molecule has 1 aromatic heterocycles. The van der Waals surface area contributed by atoms with Gasteiger partial charge in [0, 0.05) is 10.8 Å². The predicted octanol–water partition coefficient (Wildman–Crippen LogP) is 4.09. The molecule has 5 heteroatoms. The number of hydrogen-bond acceptors (Lipinski definition) is 4. The maximum atomic E-state index is 12.3. The van der Waals surface area contributed by atoms with Gasteiger partial charge in [-0.3, -0.25) is 10.1 Å². The van der Waals surface area contributed by atoms with E-state index in [1.54, 1.807) is 12.1 Å². The van der Waals surface area contributed by atoms with Crippen molar-refractivity contribution in [2.75, 3.05) is 11.9 Å². The second-order valence-corrected chi connectivity index (χ2v) is 6.53. The van der Waals surface area contributed by atoms with Gasteiger partial charge in [-0.15, -0.1) is 11.3 Å². The molecule has 112 valence electrons. The van der Waals surface area contributed by atoms with Crippen molar-refractivity contribution in [1.29, 1.82) is 0 Å². The molecule has 21 heavy (non-hydrogen) atoms. The van der Waals surface area contributed by atoms with Gasteiger partial charge in [0.15, 0.2) is 5.13 Å². The average Bonchev–Trinajstić information content (AvgIpc) is 2.88. The summed E-state index contributed by atoms with van der Waals surface area (Å²) in [5.41, 5.74) is 1.47. The van der Waals surface area contributed by atoms with E-state index in [4.69, 9.17) is 4.74 Å². The number of carbonyl (C=O) groups excluding carboxylic acids is 1. The van der Waals surface area contributed by atoms with E-state index in [2.05, 4.69) is 31.1 Å². The summed E-state index contributed by atoms with van der Waals surface area (Å²) in [6.07, 6.45) is 0. The van der Waals surface area contributed by atoms with Gasteiger partial charge in [-0.2, -0.15) is 0 Å². The van der Waals surface area contributed by atoms with Gasteiger partial charge in [-0.05, 0) is 19.1 Å². The van der Waals surface area contributed by atoms with E-state index in [0.717, 1.165) is 5.69 Å². The first-order valence-corrected chi connectivity index (χ1v) is 7.79. The summed E-state index contributed by atoms with van der Waals surface area (Å²) in [6, 6.07) is 7.21. The third-order valence-corrected chi connectivity index (χ3v) is 3.68. The van der Waals surface area contributed by atoms with Crippen molar-refractivity contribution in [2.24, 2.45) is 0 Å². The van der Waals surface area contributed by atoms with Crippen LogP contribution in [0.3, 0.4) is 0 Å². The Morgan fingerprint density at radius 1 is 1.33 bits per heavy atom. The number of para-hydroxylation sites is 1. The number of carbonyl (C=O) groups is 1. The molecule has 0 bridgehead atoms. The zero-order valence-corrected chi connectivity index (χ0v) is 13.6. The highest BCUT2D eigenvalue weighted by molar-refractivity contribution is 7.14. The van der Waals surface area contributed by atoms with Crippen LogP contribution in [-0.4, -0.2) is 17.5 Å². The first-order chi connectivity index (χ1) is 9.91. The molecular weight excluding hydrogens is 284 g/mol. The molecule has 4 nitrogen and oxygen atoms in total. The van der Waals surface area contributed by atoms with Crippen LogP contribution >= 0.6 is 11.3 Å². The van der Waals surface area contributed by atoms with Crippen molar-refractivity contribution in [3.8, 4) is 5.75 Å². The molecule has 1 heterocycles. The number of rotatable bonds is 4. The number of hydrogen-bond donors (Lipinski definition) is 1. The lowest BCUT2D eigenvalue weighted by Crippen LogP contribution is -2.15.